The van der Waals surface area contributed by atoms with Crippen molar-refractivity contribution in [2.24, 2.45) is 5.73 Å². The number of hydrogen-bond acceptors (Lipinski definition) is 4. The van der Waals surface area contributed by atoms with E-state index in [-0.39, 0.29) is 12.0 Å². The van der Waals surface area contributed by atoms with Crippen LogP contribution >= 0.6 is 11.3 Å². The van der Waals surface area contributed by atoms with Gasteiger partial charge in [-0.15, -0.1) is 21.5 Å². The molecule has 0 radical (unpaired) electrons. The third-order valence-electron chi connectivity index (χ3n) is 2.26. The number of benzene rings is 1. The summed E-state index contributed by atoms with van der Waals surface area (Å²) < 4.78 is 26.8. The van der Waals surface area contributed by atoms with E-state index in [9.17, 15) is 8.78 Å². The van der Waals surface area contributed by atoms with Gasteiger partial charge in [0.1, 0.15) is 21.6 Å². The van der Waals surface area contributed by atoms with Gasteiger partial charge in [0.05, 0.1) is 0 Å². The maximum absolute atomic E-state index is 13.4. The summed E-state index contributed by atoms with van der Waals surface area (Å²) in [5, 5.41) is 9.18. The lowest BCUT2D eigenvalue weighted by atomic mass is 10.1. The Hall–Kier alpha value is -1.40. The standard InChI is InChI=1S/C11H11F2N3S/c12-8-2-1-3-9(13)7(8)6-11-16-15-10(17-11)4-5-14/h1-3H,4-6,14H2. The van der Waals surface area contributed by atoms with Crippen LogP contribution in [0.2, 0.25) is 0 Å². The number of halogens is 2. The summed E-state index contributed by atoms with van der Waals surface area (Å²) in [6.45, 7) is 0.489. The summed E-state index contributed by atoms with van der Waals surface area (Å²) in [6, 6.07) is 3.81. The summed E-state index contributed by atoms with van der Waals surface area (Å²) >= 11 is 1.33. The second-order valence-electron chi connectivity index (χ2n) is 3.51. The molecule has 2 aromatic rings. The van der Waals surface area contributed by atoms with Crippen LogP contribution in [0.5, 0.6) is 0 Å². The average Bonchev–Trinajstić information content (AvgIpc) is 2.72. The van der Waals surface area contributed by atoms with Crippen LogP contribution in [0.15, 0.2) is 18.2 Å². The van der Waals surface area contributed by atoms with Crippen molar-refractivity contribution < 1.29 is 8.78 Å². The van der Waals surface area contributed by atoms with Crippen molar-refractivity contribution in [1.82, 2.24) is 10.2 Å². The second kappa shape index (κ2) is 5.29. The van der Waals surface area contributed by atoms with Crippen molar-refractivity contribution in [2.45, 2.75) is 12.8 Å². The third kappa shape index (κ3) is 2.83. The molecule has 2 N–H and O–H groups in total. The van der Waals surface area contributed by atoms with E-state index in [1.165, 1.54) is 29.5 Å². The maximum Gasteiger partial charge on any atom is 0.129 e. The highest BCUT2D eigenvalue weighted by atomic mass is 32.1. The number of nitrogens with zero attached hydrogens (tertiary/aromatic N) is 2. The fourth-order valence-corrected chi connectivity index (χ4v) is 2.31. The molecule has 1 aromatic carbocycles. The van der Waals surface area contributed by atoms with Gasteiger partial charge in [-0.25, -0.2) is 8.78 Å². The molecule has 2 rings (SSSR count). The van der Waals surface area contributed by atoms with Crippen LogP contribution in [0.25, 0.3) is 0 Å². The van der Waals surface area contributed by atoms with E-state index in [1.807, 2.05) is 0 Å². The number of aromatic nitrogens is 2. The zero-order valence-corrected chi connectivity index (χ0v) is 9.81. The van der Waals surface area contributed by atoms with Crippen LogP contribution in [-0.2, 0) is 12.8 Å². The Bertz CT molecular complexity index is 493. The topological polar surface area (TPSA) is 51.8 Å². The van der Waals surface area contributed by atoms with Gasteiger partial charge in [0.15, 0.2) is 0 Å². The minimum Gasteiger partial charge on any atom is -0.330 e. The molecule has 0 bridgehead atoms. The Morgan fingerprint density at radius 3 is 2.41 bits per heavy atom. The first kappa shape index (κ1) is 12.1. The minimum absolute atomic E-state index is 0.0305. The monoisotopic (exact) mass is 255 g/mol. The fraction of sp³-hybridized carbons (Fsp3) is 0.273. The molecule has 90 valence electrons. The number of nitrogens with two attached hydrogens (primary N) is 1. The molecule has 0 atom stereocenters. The van der Waals surface area contributed by atoms with E-state index in [1.54, 1.807) is 0 Å². The summed E-state index contributed by atoms with van der Waals surface area (Å²) in [5.41, 5.74) is 5.42. The maximum atomic E-state index is 13.4. The third-order valence-corrected chi connectivity index (χ3v) is 3.24. The normalized spacial score (nSPS) is 10.8. The molecule has 0 aliphatic carbocycles. The molecule has 0 unspecified atom stereocenters. The Balaban J connectivity index is 2.19. The Kier molecular flexibility index (Phi) is 3.75. The largest absolute Gasteiger partial charge is 0.330 e. The van der Waals surface area contributed by atoms with Crippen molar-refractivity contribution in [3.63, 3.8) is 0 Å². The zero-order valence-electron chi connectivity index (χ0n) is 8.99. The first-order chi connectivity index (χ1) is 8.20. The Morgan fingerprint density at radius 1 is 1.12 bits per heavy atom. The van der Waals surface area contributed by atoms with E-state index in [4.69, 9.17) is 5.73 Å². The molecule has 0 spiro atoms. The van der Waals surface area contributed by atoms with Crippen LogP contribution in [0.4, 0.5) is 8.78 Å². The lowest BCUT2D eigenvalue weighted by Gasteiger charge is -2.01. The lowest BCUT2D eigenvalue weighted by molar-refractivity contribution is 0.561. The lowest BCUT2D eigenvalue weighted by Crippen LogP contribution is -2.01. The Labute approximate surface area is 101 Å². The second-order valence-corrected chi connectivity index (χ2v) is 4.65. The molecule has 0 amide bonds. The minimum atomic E-state index is -0.555. The highest BCUT2D eigenvalue weighted by Crippen LogP contribution is 2.19. The van der Waals surface area contributed by atoms with Crippen molar-refractivity contribution in [3.05, 3.63) is 45.4 Å². The predicted molar refractivity (Wildman–Crippen MR) is 61.8 cm³/mol. The number of rotatable bonds is 4. The van der Waals surface area contributed by atoms with Gasteiger partial charge in [-0.3, -0.25) is 0 Å². The Morgan fingerprint density at radius 2 is 1.76 bits per heavy atom. The van der Waals surface area contributed by atoms with Gasteiger partial charge in [-0.05, 0) is 18.7 Å². The molecular weight excluding hydrogens is 244 g/mol. The van der Waals surface area contributed by atoms with Gasteiger partial charge in [0, 0.05) is 18.4 Å². The van der Waals surface area contributed by atoms with Gasteiger partial charge in [-0.1, -0.05) is 6.07 Å². The summed E-state index contributed by atoms with van der Waals surface area (Å²) in [6.07, 6.45) is 0.762. The summed E-state index contributed by atoms with van der Waals surface area (Å²) in [7, 11) is 0. The molecule has 0 saturated heterocycles. The molecule has 0 aliphatic rings. The fourth-order valence-electron chi connectivity index (χ4n) is 1.44. The van der Waals surface area contributed by atoms with Gasteiger partial charge >= 0.3 is 0 Å². The van der Waals surface area contributed by atoms with Gasteiger partial charge < -0.3 is 5.73 Å². The summed E-state index contributed by atoms with van der Waals surface area (Å²) in [5.74, 6) is -1.11. The van der Waals surface area contributed by atoms with Crippen molar-refractivity contribution in [2.75, 3.05) is 6.54 Å². The zero-order chi connectivity index (χ0) is 12.3. The first-order valence-corrected chi connectivity index (χ1v) is 5.96. The average molecular weight is 255 g/mol. The SMILES string of the molecule is NCCc1nnc(Cc2c(F)cccc2F)s1. The van der Waals surface area contributed by atoms with Gasteiger partial charge in [0.2, 0.25) is 0 Å². The highest BCUT2D eigenvalue weighted by Gasteiger charge is 2.12. The van der Waals surface area contributed by atoms with Crippen LogP contribution in [0.3, 0.4) is 0 Å². The molecule has 0 saturated carbocycles. The molecule has 3 nitrogen and oxygen atoms in total. The van der Waals surface area contributed by atoms with E-state index < -0.39 is 11.6 Å². The molecule has 1 heterocycles. The van der Waals surface area contributed by atoms with Crippen LogP contribution < -0.4 is 5.73 Å². The van der Waals surface area contributed by atoms with Crippen LogP contribution in [0.1, 0.15) is 15.6 Å². The van der Waals surface area contributed by atoms with Crippen molar-refractivity contribution >= 4 is 11.3 Å². The van der Waals surface area contributed by atoms with Crippen LogP contribution in [-0.4, -0.2) is 16.7 Å². The van der Waals surface area contributed by atoms with E-state index in [2.05, 4.69) is 10.2 Å². The molecular formula is C11H11F2N3S. The summed E-state index contributed by atoms with van der Waals surface area (Å²) in [4.78, 5) is 0. The van der Waals surface area contributed by atoms with E-state index in [0.29, 0.717) is 18.0 Å². The first-order valence-electron chi connectivity index (χ1n) is 5.15. The predicted octanol–water partition coefficient (Wildman–Crippen LogP) is 1.91. The van der Waals surface area contributed by atoms with Gasteiger partial charge in [0.25, 0.3) is 0 Å². The molecule has 17 heavy (non-hydrogen) atoms. The van der Waals surface area contributed by atoms with Crippen LogP contribution in [0, 0.1) is 11.6 Å². The van der Waals surface area contributed by atoms with Gasteiger partial charge in [-0.2, -0.15) is 0 Å². The van der Waals surface area contributed by atoms with E-state index >= 15 is 0 Å². The molecule has 0 aliphatic heterocycles. The van der Waals surface area contributed by atoms with Crippen molar-refractivity contribution in [1.29, 1.82) is 0 Å². The molecule has 6 heteroatoms. The smallest absolute Gasteiger partial charge is 0.129 e. The van der Waals surface area contributed by atoms with Crippen molar-refractivity contribution in [3.8, 4) is 0 Å². The molecule has 1 aromatic heterocycles. The number of hydrogen-bond donors (Lipinski definition) is 1. The van der Waals surface area contributed by atoms with E-state index in [0.717, 1.165) is 5.01 Å². The highest BCUT2D eigenvalue weighted by molar-refractivity contribution is 7.11. The quantitative estimate of drug-likeness (QED) is 0.908. The molecule has 0 fully saturated rings.